The minimum Gasteiger partial charge on any atom is -0.345 e. The number of nitrogens with one attached hydrogen (secondary N) is 1. The Hall–Kier alpha value is -0.610. The molecule has 1 heterocycles. The van der Waals surface area contributed by atoms with Crippen molar-refractivity contribution in [3.63, 3.8) is 0 Å². The molecule has 0 bridgehead atoms. The van der Waals surface area contributed by atoms with E-state index in [4.69, 9.17) is 0 Å². The van der Waals surface area contributed by atoms with Gasteiger partial charge in [-0.1, -0.05) is 0 Å². The molecule has 0 aromatic carbocycles. The lowest BCUT2D eigenvalue weighted by Gasteiger charge is -2.32. The number of hydrogen-bond acceptors (Lipinski definition) is 3. The first kappa shape index (κ1) is 13.5. The topological polar surface area (TPSA) is 35.6 Å². The number of nitrogens with zero attached hydrogens (tertiary/aromatic N) is 2. The van der Waals surface area contributed by atoms with Crippen LogP contribution in [0.15, 0.2) is 0 Å². The Kier molecular flexibility index (Phi) is 5.77. The monoisotopic (exact) mass is 227 g/mol. The fourth-order valence-electron chi connectivity index (χ4n) is 2.33. The lowest BCUT2D eigenvalue weighted by molar-refractivity contribution is -0.130. The van der Waals surface area contributed by atoms with Crippen molar-refractivity contribution in [1.82, 2.24) is 15.1 Å². The molecule has 1 atom stereocenters. The van der Waals surface area contributed by atoms with E-state index in [1.54, 1.807) is 0 Å². The number of likely N-dealkylation sites (tertiary alicyclic amines) is 1. The second-order valence-electron chi connectivity index (χ2n) is 4.90. The van der Waals surface area contributed by atoms with E-state index in [2.05, 4.69) is 17.3 Å². The predicted octanol–water partition coefficient (Wildman–Crippen LogP) is 0.396. The van der Waals surface area contributed by atoms with Crippen LogP contribution in [0.2, 0.25) is 0 Å². The fraction of sp³-hybridized carbons (Fsp3) is 0.917. The van der Waals surface area contributed by atoms with E-state index < -0.39 is 0 Å². The van der Waals surface area contributed by atoms with Gasteiger partial charge in [0.15, 0.2) is 0 Å². The van der Waals surface area contributed by atoms with E-state index in [0.29, 0.717) is 12.3 Å². The molecule has 1 amide bonds. The maximum Gasteiger partial charge on any atom is 0.223 e. The minimum atomic E-state index is 0.252. The largest absolute Gasteiger partial charge is 0.345 e. The average molecular weight is 227 g/mol. The summed E-state index contributed by atoms with van der Waals surface area (Å²) in [5.74, 6) is 0.907. The van der Waals surface area contributed by atoms with Gasteiger partial charge < -0.3 is 15.1 Å². The van der Waals surface area contributed by atoms with E-state index in [0.717, 1.165) is 19.6 Å². The number of hydrogen-bond donors (Lipinski definition) is 1. The Balaban J connectivity index is 2.26. The first-order valence-corrected chi connectivity index (χ1v) is 6.20. The molecule has 1 aliphatic heterocycles. The van der Waals surface area contributed by atoms with Gasteiger partial charge in [-0.05, 0) is 39.4 Å². The van der Waals surface area contributed by atoms with Crippen LogP contribution in [0.1, 0.15) is 19.3 Å². The van der Waals surface area contributed by atoms with Gasteiger partial charge in [0, 0.05) is 33.1 Å². The van der Waals surface area contributed by atoms with Crippen LogP contribution in [0.4, 0.5) is 0 Å². The molecule has 0 saturated carbocycles. The van der Waals surface area contributed by atoms with Crippen molar-refractivity contribution in [2.45, 2.75) is 19.3 Å². The zero-order valence-corrected chi connectivity index (χ0v) is 10.8. The van der Waals surface area contributed by atoms with Crippen molar-refractivity contribution < 1.29 is 4.79 Å². The van der Waals surface area contributed by atoms with Gasteiger partial charge in [0.2, 0.25) is 5.91 Å². The molecule has 0 spiro atoms. The van der Waals surface area contributed by atoms with E-state index in [1.165, 1.54) is 19.4 Å². The molecule has 0 aromatic rings. The van der Waals surface area contributed by atoms with Crippen LogP contribution in [0.3, 0.4) is 0 Å². The molecule has 94 valence electrons. The van der Waals surface area contributed by atoms with E-state index in [1.807, 2.05) is 19.0 Å². The summed E-state index contributed by atoms with van der Waals surface area (Å²) in [6, 6.07) is 0. The fourth-order valence-corrected chi connectivity index (χ4v) is 2.33. The molecule has 1 saturated heterocycles. The zero-order chi connectivity index (χ0) is 12.0. The van der Waals surface area contributed by atoms with Crippen LogP contribution in [-0.2, 0) is 4.79 Å². The maximum absolute atomic E-state index is 11.7. The molecule has 0 aromatic heterocycles. The van der Waals surface area contributed by atoms with Crippen molar-refractivity contribution in [2.24, 2.45) is 5.92 Å². The second kappa shape index (κ2) is 6.86. The molecule has 1 N–H and O–H groups in total. The number of piperidine rings is 1. The summed E-state index contributed by atoms with van der Waals surface area (Å²) in [6.07, 6.45) is 3.13. The second-order valence-corrected chi connectivity index (χ2v) is 4.90. The van der Waals surface area contributed by atoms with Crippen molar-refractivity contribution in [3.05, 3.63) is 0 Å². The molecule has 4 nitrogen and oxygen atoms in total. The van der Waals surface area contributed by atoms with Crippen LogP contribution in [0.5, 0.6) is 0 Å². The summed E-state index contributed by atoms with van der Waals surface area (Å²) in [4.78, 5) is 16.0. The molecular formula is C12H25N3O. The van der Waals surface area contributed by atoms with Gasteiger partial charge in [-0.15, -0.1) is 0 Å². The summed E-state index contributed by atoms with van der Waals surface area (Å²) in [6.45, 7) is 4.01. The Bertz CT molecular complexity index is 220. The molecule has 16 heavy (non-hydrogen) atoms. The number of carbonyl (C=O) groups is 1. The van der Waals surface area contributed by atoms with Crippen LogP contribution in [0, 0.1) is 5.92 Å². The van der Waals surface area contributed by atoms with Gasteiger partial charge in [-0.25, -0.2) is 0 Å². The third kappa shape index (κ3) is 4.49. The summed E-state index contributed by atoms with van der Waals surface area (Å²) >= 11 is 0. The van der Waals surface area contributed by atoms with Crippen molar-refractivity contribution in [1.29, 1.82) is 0 Å². The molecular weight excluding hydrogens is 202 g/mol. The molecule has 1 rings (SSSR count). The molecule has 1 aliphatic rings. The standard InChI is InChI=1S/C12H25N3O/c1-13-7-6-12(16)15(3)10-11-5-4-8-14(2)9-11/h11,13H,4-10H2,1-3H3. The van der Waals surface area contributed by atoms with E-state index >= 15 is 0 Å². The third-order valence-corrected chi connectivity index (χ3v) is 3.27. The lowest BCUT2D eigenvalue weighted by atomic mass is 9.98. The summed E-state index contributed by atoms with van der Waals surface area (Å²) in [7, 11) is 5.96. The van der Waals surface area contributed by atoms with Gasteiger partial charge in [0.1, 0.15) is 0 Å². The van der Waals surface area contributed by atoms with Crippen LogP contribution >= 0.6 is 0 Å². The summed E-state index contributed by atoms with van der Waals surface area (Å²) in [5.41, 5.74) is 0. The Morgan fingerprint density at radius 1 is 1.56 bits per heavy atom. The molecule has 0 radical (unpaired) electrons. The predicted molar refractivity (Wildman–Crippen MR) is 66.4 cm³/mol. The Morgan fingerprint density at radius 3 is 2.94 bits per heavy atom. The van der Waals surface area contributed by atoms with Gasteiger partial charge in [-0.2, -0.15) is 0 Å². The molecule has 1 fully saturated rings. The third-order valence-electron chi connectivity index (χ3n) is 3.27. The van der Waals surface area contributed by atoms with Crippen molar-refractivity contribution >= 4 is 5.91 Å². The highest BCUT2D eigenvalue weighted by Gasteiger charge is 2.20. The average Bonchev–Trinajstić information content (AvgIpc) is 2.25. The first-order valence-electron chi connectivity index (χ1n) is 6.20. The van der Waals surface area contributed by atoms with Gasteiger partial charge in [0.25, 0.3) is 0 Å². The van der Waals surface area contributed by atoms with E-state index in [9.17, 15) is 4.79 Å². The van der Waals surface area contributed by atoms with Gasteiger partial charge in [-0.3, -0.25) is 4.79 Å². The number of carbonyl (C=O) groups excluding carboxylic acids is 1. The van der Waals surface area contributed by atoms with Crippen LogP contribution in [-0.4, -0.2) is 63.0 Å². The Morgan fingerprint density at radius 2 is 2.31 bits per heavy atom. The highest BCUT2D eigenvalue weighted by molar-refractivity contribution is 5.76. The van der Waals surface area contributed by atoms with E-state index in [-0.39, 0.29) is 5.91 Å². The first-order chi connectivity index (χ1) is 7.63. The van der Waals surface area contributed by atoms with Crippen LogP contribution < -0.4 is 5.32 Å². The van der Waals surface area contributed by atoms with Crippen LogP contribution in [0.25, 0.3) is 0 Å². The molecule has 4 heteroatoms. The highest BCUT2D eigenvalue weighted by Crippen LogP contribution is 2.15. The zero-order valence-electron chi connectivity index (χ0n) is 10.8. The SMILES string of the molecule is CNCCC(=O)N(C)CC1CCCN(C)C1. The molecule has 1 unspecified atom stereocenters. The van der Waals surface area contributed by atoms with Gasteiger partial charge >= 0.3 is 0 Å². The number of rotatable bonds is 5. The Labute approximate surface area is 99.0 Å². The summed E-state index contributed by atoms with van der Waals surface area (Å²) in [5, 5.41) is 3.01. The quantitative estimate of drug-likeness (QED) is 0.738. The lowest BCUT2D eigenvalue weighted by Crippen LogP contribution is -2.40. The van der Waals surface area contributed by atoms with Crippen molar-refractivity contribution in [2.75, 3.05) is 47.3 Å². The summed E-state index contributed by atoms with van der Waals surface area (Å²) < 4.78 is 0. The smallest absolute Gasteiger partial charge is 0.223 e. The normalized spacial score (nSPS) is 22.1. The number of amides is 1. The maximum atomic E-state index is 11.7. The van der Waals surface area contributed by atoms with Crippen molar-refractivity contribution in [3.8, 4) is 0 Å². The van der Waals surface area contributed by atoms with Gasteiger partial charge in [0.05, 0.1) is 0 Å². The minimum absolute atomic E-state index is 0.252. The molecule has 0 aliphatic carbocycles. The highest BCUT2D eigenvalue weighted by atomic mass is 16.2.